The Balaban J connectivity index is 1.73. The molecule has 1 saturated heterocycles. The van der Waals surface area contributed by atoms with Crippen LogP contribution in [0.2, 0.25) is 0 Å². The first kappa shape index (κ1) is 23.7. The number of methoxy groups -OCH3 is 1. The predicted octanol–water partition coefficient (Wildman–Crippen LogP) is 1.93. The molecule has 3 heterocycles. The third kappa shape index (κ3) is 5.08. The molecular weight excluding hydrogens is 410 g/mol. The standard InChI is InChI=1S/C23H33N5O4/c1-14-17(7-8-20(29)24-12-21(30)32-6)15(2)28-19(25-14)11-18(26-28)16-9-10-27(13-16)22(31)23(3,4)5/h11,16H,7-10,12-13H2,1-6H3,(H,24,29)/t16-/m0/s1. The molecule has 0 aromatic carbocycles. The molecule has 9 nitrogen and oxygen atoms in total. The summed E-state index contributed by atoms with van der Waals surface area (Å²) in [6.07, 6.45) is 1.63. The molecule has 2 amide bonds. The molecule has 3 rings (SSSR count). The summed E-state index contributed by atoms with van der Waals surface area (Å²) >= 11 is 0. The Morgan fingerprint density at radius 2 is 1.97 bits per heavy atom. The topological polar surface area (TPSA) is 106 Å². The van der Waals surface area contributed by atoms with Crippen molar-refractivity contribution in [2.45, 2.75) is 59.8 Å². The van der Waals surface area contributed by atoms with E-state index in [1.807, 2.05) is 50.1 Å². The van der Waals surface area contributed by atoms with E-state index >= 15 is 0 Å². The number of aromatic nitrogens is 3. The Hall–Kier alpha value is -2.97. The zero-order valence-corrected chi connectivity index (χ0v) is 19.8. The zero-order chi connectivity index (χ0) is 23.6. The summed E-state index contributed by atoms with van der Waals surface area (Å²) in [7, 11) is 1.28. The van der Waals surface area contributed by atoms with E-state index in [1.54, 1.807) is 0 Å². The number of ether oxygens (including phenoxy) is 1. The van der Waals surface area contributed by atoms with Crippen molar-refractivity contribution in [2.75, 3.05) is 26.7 Å². The lowest BCUT2D eigenvalue weighted by atomic mass is 9.95. The van der Waals surface area contributed by atoms with Crippen molar-refractivity contribution in [3.63, 3.8) is 0 Å². The van der Waals surface area contributed by atoms with E-state index in [1.165, 1.54) is 7.11 Å². The third-order valence-electron chi connectivity index (χ3n) is 5.98. The van der Waals surface area contributed by atoms with Crippen molar-refractivity contribution in [1.29, 1.82) is 0 Å². The number of nitrogens with one attached hydrogen (secondary N) is 1. The summed E-state index contributed by atoms with van der Waals surface area (Å²) < 4.78 is 6.37. The smallest absolute Gasteiger partial charge is 0.325 e. The Morgan fingerprint density at radius 3 is 2.62 bits per heavy atom. The number of hydrogen-bond donors (Lipinski definition) is 1. The molecule has 9 heteroatoms. The van der Waals surface area contributed by atoms with E-state index in [2.05, 4.69) is 10.1 Å². The van der Waals surface area contributed by atoms with E-state index in [-0.39, 0.29) is 36.1 Å². The number of nitrogens with zero attached hydrogens (tertiary/aromatic N) is 4. The maximum absolute atomic E-state index is 12.6. The minimum absolute atomic E-state index is 0.136. The van der Waals surface area contributed by atoms with Crippen molar-refractivity contribution < 1.29 is 19.1 Å². The molecule has 0 radical (unpaired) electrons. The Labute approximate surface area is 188 Å². The maximum atomic E-state index is 12.6. The molecule has 174 valence electrons. The van der Waals surface area contributed by atoms with Crippen LogP contribution in [-0.4, -0.2) is 64.0 Å². The van der Waals surface area contributed by atoms with E-state index in [0.29, 0.717) is 13.0 Å². The molecule has 1 fully saturated rings. The molecule has 0 unspecified atom stereocenters. The molecule has 0 aliphatic carbocycles. The highest BCUT2D eigenvalue weighted by atomic mass is 16.5. The van der Waals surface area contributed by atoms with Crippen LogP contribution in [0.4, 0.5) is 0 Å². The van der Waals surface area contributed by atoms with Crippen molar-refractivity contribution in [1.82, 2.24) is 24.8 Å². The van der Waals surface area contributed by atoms with Crippen molar-refractivity contribution >= 4 is 23.4 Å². The second-order valence-corrected chi connectivity index (χ2v) is 9.44. The molecule has 2 aromatic heterocycles. The van der Waals surface area contributed by atoms with E-state index < -0.39 is 5.97 Å². The molecule has 0 spiro atoms. The number of amides is 2. The molecule has 1 atom stereocenters. The molecule has 32 heavy (non-hydrogen) atoms. The van der Waals surface area contributed by atoms with Gasteiger partial charge in [0.1, 0.15) is 6.54 Å². The highest BCUT2D eigenvalue weighted by molar-refractivity contribution is 5.82. The molecule has 1 N–H and O–H groups in total. The lowest BCUT2D eigenvalue weighted by Crippen LogP contribution is -2.37. The fourth-order valence-electron chi connectivity index (χ4n) is 4.14. The van der Waals surface area contributed by atoms with E-state index in [9.17, 15) is 14.4 Å². The lowest BCUT2D eigenvalue weighted by molar-refractivity contribution is -0.141. The first-order chi connectivity index (χ1) is 15.0. The number of hydrogen-bond acceptors (Lipinski definition) is 6. The van der Waals surface area contributed by atoms with Gasteiger partial charge in [-0.2, -0.15) is 5.10 Å². The van der Waals surface area contributed by atoms with Gasteiger partial charge in [0.25, 0.3) is 0 Å². The van der Waals surface area contributed by atoms with Gasteiger partial charge < -0.3 is 15.0 Å². The van der Waals surface area contributed by atoms with E-state index in [4.69, 9.17) is 10.1 Å². The van der Waals surface area contributed by atoms with Gasteiger partial charge in [0.15, 0.2) is 5.65 Å². The molecule has 2 aromatic rings. The van der Waals surface area contributed by atoms with Crippen LogP contribution < -0.4 is 5.32 Å². The zero-order valence-electron chi connectivity index (χ0n) is 19.8. The molecule has 1 aliphatic rings. The quantitative estimate of drug-likeness (QED) is 0.684. The minimum atomic E-state index is -0.479. The highest BCUT2D eigenvalue weighted by Gasteiger charge is 2.34. The number of rotatable bonds is 6. The summed E-state index contributed by atoms with van der Waals surface area (Å²) in [6, 6.07) is 2.00. The van der Waals surface area contributed by atoms with Gasteiger partial charge in [0.05, 0.1) is 12.8 Å². The fourth-order valence-corrected chi connectivity index (χ4v) is 4.14. The van der Waals surface area contributed by atoms with Crippen LogP contribution in [0.25, 0.3) is 5.65 Å². The normalized spacial score (nSPS) is 16.4. The summed E-state index contributed by atoms with van der Waals surface area (Å²) in [5, 5.41) is 7.36. The van der Waals surface area contributed by atoms with Gasteiger partial charge in [0.2, 0.25) is 11.8 Å². The van der Waals surface area contributed by atoms with Crippen LogP contribution in [0, 0.1) is 19.3 Å². The summed E-state index contributed by atoms with van der Waals surface area (Å²) in [5.74, 6) is -0.338. The minimum Gasteiger partial charge on any atom is -0.468 e. The van der Waals surface area contributed by atoms with Crippen LogP contribution >= 0.6 is 0 Å². The van der Waals surface area contributed by atoms with Crippen LogP contribution in [0.1, 0.15) is 62.2 Å². The van der Waals surface area contributed by atoms with Gasteiger partial charge in [-0.15, -0.1) is 0 Å². The van der Waals surface area contributed by atoms with Crippen LogP contribution in [0.15, 0.2) is 6.07 Å². The van der Waals surface area contributed by atoms with Gasteiger partial charge in [0, 0.05) is 48.3 Å². The largest absolute Gasteiger partial charge is 0.468 e. The van der Waals surface area contributed by atoms with Crippen LogP contribution in [0.3, 0.4) is 0 Å². The molecule has 0 saturated carbocycles. The summed E-state index contributed by atoms with van der Waals surface area (Å²) in [4.78, 5) is 42.5. The van der Waals surface area contributed by atoms with Crippen molar-refractivity contribution in [3.05, 3.63) is 28.7 Å². The average molecular weight is 444 g/mol. The number of carbonyl (C=O) groups is 3. The van der Waals surface area contributed by atoms with Gasteiger partial charge in [-0.25, -0.2) is 9.50 Å². The number of esters is 1. The lowest BCUT2D eigenvalue weighted by Gasteiger charge is -2.25. The van der Waals surface area contributed by atoms with Crippen LogP contribution in [-0.2, 0) is 25.5 Å². The number of aryl methyl sites for hydroxylation is 2. The van der Waals surface area contributed by atoms with Gasteiger partial charge >= 0.3 is 5.97 Å². The SMILES string of the molecule is COC(=O)CNC(=O)CCc1c(C)nc2cc([C@H]3CCN(C(=O)C(C)(C)C)C3)nn2c1C. The Morgan fingerprint density at radius 1 is 1.25 bits per heavy atom. The summed E-state index contributed by atoms with van der Waals surface area (Å²) in [5.41, 5.74) is 4.10. The number of likely N-dealkylation sites (tertiary alicyclic amines) is 1. The second-order valence-electron chi connectivity index (χ2n) is 9.44. The second kappa shape index (κ2) is 9.26. The highest BCUT2D eigenvalue weighted by Crippen LogP contribution is 2.30. The Kier molecular flexibility index (Phi) is 6.85. The first-order valence-electron chi connectivity index (χ1n) is 11.0. The predicted molar refractivity (Wildman–Crippen MR) is 119 cm³/mol. The third-order valence-corrected chi connectivity index (χ3v) is 5.98. The maximum Gasteiger partial charge on any atom is 0.325 e. The van der Waals surface area contributed by atoms with Crippen LogP contribution in [0.5, 0.6) is 0 Å². The van der Waals surface area contributed by atoms with Crippen molar-refractivity contribution in [3.8, 4) is 0 Å². The summed E-state index contributed by atoms with van der Waals surface area (Å²) in [6.45, 7) is 11.0. The fraction of sp³-hybridized carbons (Fsp3) is 0.609. The average Bonchev–Trinajstić information content (AvgIpc) is 3.37. The van der Waals surface area contributed by atoms with Gasteiger partial charge in [-0.05, 0) is 32.3 Å². The molecular formula is C23H33N5O4. The number of fused-ring (bicyclic) bond motifs is 1. The molecule has 0 bridgehead atoms. The van der Waals surface area contributed by atoms with Gasteiger partial charge in [-0.1, -0.05) is 20.8 Å². The van der Waals surface area contributed by atoms with E-state index in [0.717, 1.165) is 41.3 Å². The Bertz CT molecular complexity index is 1040. The molecule has 1 aliphatic heterocycles. The van der Waals surface area contributed by atoms with Gasteiger partial charge in [-0.3, -0.25) is 14.4 Å². The monoisotopic (exact) mass is 443 g/mol. The van der Waals surface area contributed by atoms with Crippen molar-refractivity contribution in [2.24, 2.45) is 5.41 Å². The number of carbonyl (C=O) groups excluding carboxylic acids is 3. The first-order valence-corrected chi connectivity index (χ1v) is 11.0.